The number of hydrogen-bond acceptors (Lipinski definition) is 5. The lowest BCUT2D eigenvalue weighted by Crippen LogP contribution is -2.56. The summed E-state index contributed by atoms with van der Waals surface area (Å²) < 4.78 is 10.0. The number of carbonyl (C=O) groups is 2. The van der Waals surface area contributed by atoms with E-state index in [1.54, 1.807) is 32.4 Å². The highest BCUT2D eigenvalue weighted by atomic mass is 16.6. The van der Waals surface area contributed by atoms with Crippen LogP contribution in [0.2, 0.25) is 0 Å². The third-order valence-corrected chi connectivity index (χ3v) is 4.05. The van der Waals surface area contributed by atoms with Gasteiger partial charge in [-0.25, -0.2) is 4.99 Å². The van der Waals surface area contributed by atoms with E-state index >= 15 is 0 Å². The van der Waals surface area contributed by atoms with Gasteiger partial charge < -0.3 is 9.47 Å². The summed E-state index contributed by atoms with van der Waals surface area (Å²) in [6, 6.07) is 4.76. The standard InChI is InChI=1S/C16H17N2O4/c1-3-22-16(20)18(7-6-17-10-18)14-9-11-8-12(21-2)4-5-13(11)15(14)19/h4-8,10,14H,3,9H2,1-2H3/q+1. The van der Waals surface area contributed by atoms with Crippen LogP contribution < -0.4 is 4.74 Å². The summed E-state index contributed by atoms with van der Waals surface area (Å²) in [4.78, 5) is 29.1. The number of ether oxygens (including phenoxy) is 2. The van der Waals surface area contributed by atoms with E-state index in [-0.39, 0.29) is 16.9 Å². The van der Waals surface area contributed by atoms with Crippen molar-refractivity contribution >= 4 is 18.2 Å². The fourth-order valence-electron chi connectivity index (χ4n) is 2.92. The van der Waals surface area contributed by atoms with E-state index in [0.717, 1.165) is 5.56 Å². The van der Waals surface area contributed by atoms with Gasteiger partial charge in [-0.05, 0) is 30.7 Å². The normalized spacial score (nSPS) is 25.4. The average molecular weight is 301 g/mol. The first-order valence-electron chi connectivity index (χ1n) is 7.11. The Hall–Kier alpha value is -2.47. The van der Waals surface area contributed by atoms with Crippen molar-refractivity contribution in [3.05, 3.63) is 41.7 Å². The number of rotatable bonds is 3. The lowest BCUT2D eigenvalue weighted by molar-refractivity contribution is -0.719. The van der Waals surface area contributed by atoms with Gasteiger partial charge in [-0.2, -0.15) is 4.79 Å². The maximum Gasteiger partial charge on any atom is 0.527 e. The fourth-order valence-corrected chi connectivity index (χ4v) is 2.92. The molecule has 0 saturated heterocycles. The van der Waals surface area contributed by atoms with Crippen LogP contribution in [0.1, 0.15) is 22.8 Å². The molecule has 22 heavy (non-hydrogen) atoms. The molecule has 0 fully saturated rings. The van der Waals surface area contributed by atoms with Gasteiger partial charge in [0, 0.05) is 12.0 Å². The zero-order valence-corrected chi connectivity index (χ0v) is 12.5. The minimum atomic E-state index is -0.580. The van der Waals surface area contributed by atoms with Crippen LogP contribution in [0.4, 0.5) is 4.79 Å². The maximum absolute atomic E-state index is 12.7. The van der Waals surface area contributed by atoms with Gasteiger partial charge in [0.15, 0.2) is 6.04 Å². The molecule has 2 aliphatic rings. The molecule has 0 N–H and O–H groups in total. The number of methoxy groups -OCH3 is 1. The first-order chi connectivity index (χ1) is 10.6. The number of Topliss-reactive ketones (excluding diaryl/α,β-unsaturated/α-hetero) is 1. The minimum Gasteiger partial charge on any atom is -0.497 e. The van der Waals surface area contributed by atoms with Crippen LogP contribution in [0.3, 0.4) is 0 Å². The van der Waals surface area contributed by atoms with E-state index in [1.807, 2.05) is 6.07 Å². The van der Waals surface area contributed by atoms with E-state index in [1.165, 1.54) is 12.5 Å². The molecular weight excluding hydrogens is 284 g/mol. The van der Waals surface area contributed by atoms with E-state index < -0.39 is 12.1 Å². The molecule has 2 atom stereocenters. The number of fused-ring (bicyclic) bond motifs is 1. The lowest BCUT2D eigenvalue weighted by Gasteiger charge is -2.28. The molecule has 2 unspecified atom stereocenters. The molecule has 1 aromatic rings. The Balaban J connectivity index is 1.99. The van der Waals surface area contributed by atoms with Crippen LogP contribution in [0, 0.1) is 0 Å². The molecule has 0 radical (unpaired) electrons. The second-order valence-electron chi connectivity index (χ2n) is 5.20. The number of quaternary nitrogens is 1. The quantitative estimate of drug-likeness (QED) is 0.803. The zero-order valence-electron chi connectivity index (χ0n) is 12.5. The second kappa shape index (κ2) is 5.38. The van der Waals surface area contributed by atoms with Gasteiger partial charge in [0.1, 0.15) is 11.9 Å². The Morgan fingerprint density at radius 3 is 2.91 bits per heavy atom. The summed E-state index contributed by atoms with van der Waals surface area (Å²) in [5.41, 5.74) is 1.51. The molecule has 1 aliphatic heterocycles. The third-order valence-electron chi connectivity index (χ3n) is 4.05. The topological polar surface area (TPSA) is 65.0 Å². The largest absolute Gasteiger partial charge is 0.527 e. The summed E-state index contributed by atoms with van der Waals surface area (Å²) >= 11 is 0. The number of ketones is 1. The average Bonchev–Trinajstić information content (AvgIpc) is 3.13. The molecular formula is C16H17N2O4+. The first-order valence-corrected chi connectivity index (χ1v) is 7.11. The SMILES string of the molecule is CCOC(=O)[N+]1(C2Cc3cc(OC)ccc3C2=O)C=CN=C1. The second-order valence-corrected chi connectivity index (χ2v) is 5.20. The van der Waals surface area contributed by atoms with Crippen LogP contribution in [0.25, 0.3) is 0 Å². The summed E-state index contributed by atoms with van der Waals surface area (Å²) in [7, 11) is 1.58. The fraction of sp³-hybridized carbons (Fsp3) is 0.312. The van der Waals surface area contributed by atoms with Crippen molar-refractivity contribution in [1.29, 1.82) is 0 Å². The Morgan fingerprint density at radius 1 is 1.45 bits per heavy atom. The monoisotopic (exact) mass is 301 g/mol. The van der Waals surface area contributed by atoms with Gasteiger partial charge >= 0.3 is 6.09 Å². The molecule has 3 rings (SSSR count). The minimum absolute atomic E-state index is 0.0799. The molecule has 1 amide bonds. The van der Waals surface area contributed by atoms with Crippen LogP contribution >= 0.6 is 0 Å². The lowest BCUT2D eigenvalue weighted by atomic mass is 10.1. The van der Waals surface area contributed by atoms with Crippen molar-refractivity contribution in [2.24, 2.45) is 4.99 Å². The van der Waals surface area contributed by atoms with Crippen molar-refractivity contribution in [2.75, 3.05) is 13.7 Å². The van der Waals surface area contributed by atoms with Gasteiger partial charge in [-0.15, -0.1) is 4.48 Å². The molecule has 1 aliphatic carbocycles. The van der Waals surface area contributed by atoms with Crippen LogP contribution in [-0.2, 0) is 11.2 Å². The van der Waals surface area contributed by atoms with E-state index in [9.17, 15) is 9.59 Å². The summed E-state index contributed by atoms with van der Waals surface area (Å²) in [6.45, 7) is 1.99. The first kappa shape index (κ1) is 14.5. The zero-order chi connectivity index (χ0) is 15.7. The van der Waals surface area contributed by atoms with Crippen molar-refractivity contribution in [1.82, 2.24) is 0 Å². The predicted molar refractivity (Wildman–Crippen MR) is 79.7 cm³/mol. The van der Waals surface area contributed by atoms with Crippen LogP contribution in [0.15, 0.2) is 35.6 Å². The molecule has 6 heteroatoms. The molecule has 0 bridgehead atoms. The van der Waals surface area contributed by atoms with Gasteiger partial charge in [-0.1, -0.05) is 0 Å². The van der Waals surface area contributed by atoms with Crippen molar-refractivity contribution in [3.8, 4) is 5.75 Å². The number of aliphatic imine (C=N–C) groups is 1. The molecule has 6 nitrogen and oxygen atoms in total. The Labute approximate surface area is 128 Å². The molecule has 0 spiro atoms. The summed E-state index contributed by atoms with van der Waals surface area (Å²) in [5.74, 6) is 0.615. The molecule has 0 aromatic heterocycles. The summed E-state index contributed by atoms with van der Waals surface area (Å²) in [5, 5.41) is 0. The Bertz CT molecular complexity index is 681. The van der Waals surface area contributed by atoms with Gasteiger partial charge in [0.05, 0.1) is 19.9 Å². The smallest absolute Gasteiger partial charge is 0.497 e. The van der Waals surface area contributed by atoms with Gasteiger partial charge in [-0.3, -0.25) is 4.79 Å². The van der Waals surface area contributed by atoms with E-state index in [0.29, 0.717) is 17.7 Å². The van der Waals surface area contributed by atoms with E-state index in [4.69, 9.17) is 9.47 Å². The number of nitrogens with zero attached hydrogens (tertiary/aromatic N) is 2. The maximum atomic E-state index is 12.7. The number of hydrogen-bond donors (Lipinski definition) is 0. The number of amides is 1. The van der Waals surface area contributed by atoms with E-state index in [2.05, 4.69) is 4.99 Å². The summed E-state index contributed by atoms with van der Waals surface area (Å²) in [6.07, 6.45) is 4.54. The number of carbonyl (C=O) groups excluding carboxylic acids is 2. The Kier molecular flexibility index (Phi) is 3.54. The van der Waals surface area contributed by atoms with Gasteiger partial charge in [0.25, 0.3) is 0 Å². The third kappa shape index (κ3) is 2.03. The van der Waals surface area contributed by atoms with Crippen molar-refractivity contribution < 1.29 is 23.5 Å². The molecule has 1 heterocycles. The van der Waals surface area contributed by atoms with Crippen molar-refractivity contribution in [3.63, 3.8) is 0 Å². The van der Waals surface area contributed by atoms with Crippen molar-refractivity contribution in [2.45, 2.75) is 19.4 Å². The highest BCUT2D eigenvalue weighted by Gasteiger charge is 2.52. The Morgan fingerprint density at radius 2 is 2.27 bits per heavy atom. The number of benzene rings is 1. The van der Waals surface area contributed by atoms with Crippen LogP contribution in [-0.4, -0.2) is 42.5 Å². The molecule has 114 valence electrons. The predicted octanol–water partition coefficient (Wildman–Crippen LogP) is 2.29. The van der Waals surface area contributed by atoms with Crippen LogP contribution in [0.5, 0.6) is 5.75 Å². The van der Waals surface area contributed by atoms with Gasteiger partial charge in [0.2, 0.25) is 12.1 Å². The highest BCUT2D eigenvalue weighted by Crippen LogP contribution is 2.34. The molecule has 0 saturated carbocycles. The highest BCUT2D eigenvalue weighted by molar-refractivity contribution is 6.05. The molecule has 1 aromatic carbocycles.